The number of amides is 3. The molecule has 1 aliphatic rings. The Bertz CT molecular complexity index is 541. The summed E-state index contributed by atoms with van der Waals surface area (Å²) in [4.78, 5) is 32.3. The first-order valence-electron chi connectivity index (χ1n) is 8.44. The van der Waals surface area contributed by atoms with Gasteiger partial charge in [-0.15, -0.1) is 0 Å². The first kappa shape index (κ1) is 18.2. The smallest absolute Gasteiger partial charge is 0.318 e. The summed E-state index contributed by atoms with van der Waals surface area (Å²) in [5.74, 6) is 0.0340. The minimum atomic E-state index is -0.131. The zero-order valence-corrected chi connectivity index (χ0v) is 14.7. The van der Waals surface area contributed by atoms with Crippen LogP contribution in [0.2, 0.25) is 0 Å². The van der Waals surface area contributed by atoms with E-state index in [0.29, 0.717) is 32.7 Å². The Morgan fingerprint density at radius 1 is 1.12 bits per heavy atom. The average molecular weight is 333 g/mol. The molecule has 1 aromatic heterocycles. The molecule has 2 heterocycles. The number of hydrogen-bond donors (Lipinski definition) is 2. The largest absolute Gasteiger partial charge is 0.353 e. The van der Waals surface area contributed by atoms with Crippen LogP contribution in [0.4, 0.5) is 4.79 Å². The van der Waals surface area contributed by atoms with Gasteiger partial charge in [0.05, 0.1) is 18.3 Å². The van der Waals surface area contributed by atoms with Gasteiger partial charge in [-0.05, 0) is 32.9 Å². The molecule has 0 bridgehead atoms. The Morgan fingerprint density at radius 2 is 1.83 bits per heavy atom. The number of pyridine rings is 1. The molecule has 24 heavy (non-hydrogen) atoms. The van der Waals surface area contributed by atoms with Gasteiger partial charge in [0.15, 0.2) is 0 Å². The molecule has 0 radical (unpaired) electrons. The molecule has 0 aliphatic carbocycles. The van der Waals surface area contributed by atoms with E-state index in [1.165, 1.54) is 0 Å². The Kier molecular flexibility index (Phi) is 6.54. The molecule has 2 rings (SSSR count). The van der Waals surface area contributed by atoms with Crippen LogP contribution in [0.3, 0.4) is 0 Å². The topological polar surface area (TPSA) is 77.6 Å². The number of carbonyl (C=O) groups excluding carboxylic acids is 2. The molecular weight excluding hydrogens is 306 g/mol. The normalized spacial score (nSPS) is 16.8. The van der Waals surface area contributed by atoms with Crippen molar-refractivity contribution in [1.29, 1.82) is 0 Å². The number of urea groups is 1. The second-order valence-corrected chi connectivity index (χ2v) is 6.41. The van der Waals surface area contributed by atoms with Crippen molar-refractivity contribution in [1.82, 2.24) is 25.4 Å². The van der Waals surface area contributed by atoms with Crippen molar-refractivity contribution in [3.05, 3.63) is 30.1 Å². The quantitative estimate of drug-likeness (QED) is 0.842. The maximum absolute atomic E-state index is 12.3. The van der Waals surface area contributed by atoms with Crippen molar-refractivity contribution in [2.75, 3.05) is 32.7 Å². The highest BCUT2D eigenvalue weighted by Gasteiger charge is 2.23. The van der Waals surface area contributed by atoms with Gasteiger partial charge in [-0.25, -0.2) is 4.79 Å². The van der Waals surface area contributed by atoms with Gasteiger partial charge in [0.25, 0.3) is 0 Å². The summed E-state index contributed by atoms with van der Waals surface area (Å²) in [7, 11) is 0. The number of aromatic nitrogens is 1. The number of nitrogens with one attached hydrogen (secondary N) is 2. The summed E-state index contributed by atoms with van der Waals surface area (Å²) in [5.41, 5.74) is 0.842. The molecule has 0 aromatic carbocycles. The maximum atomic E-state index is 12.3. The van der Waals surface area contributed by atoms with Crippen LogP contribution in [-0.4, -0.2) is 65.5 Å². The van der Waals surface area contributed by atoms with Crippen LogP contribution in [0.25, 0.3) is 0 Å². The number of hydrogen-bond acceptors (Lipinski definition) is 4. The molecule has 1 saturated heterocycles. The molecular formula is C17H27N5O2. The number of nitrogens with zero attached hydrogens (tertiary/aromatic N) is 3. The predicted molar refractivity (Wildman–Crippen MR) is 92.5 cm³/mol. The first-order chi connectivity index (χ1) is 11.5. The molecule has 1 atom stereocenters. The number of piperazine rings is 1. The summed E-state index contributed by atoms with van der Waals surface area (Å²) in [5, 5.41) is 5.86. The zero-order valence-electron chi connectivity index (χ0n) is 14.7. The van der Waals surface area contributed by atoms with Gasteiger partial charge in [0.2, 0.25) is 5.91 Å². The molecule has 2 N–H and O–H groups in total. The van der Waals surface area contributed by atoms with Crippen molar-refractivity contribution in [3.8, 4) is 0 Å². The first-order valence-corrected chi connectivity index (χ1v) is 8.44. The lowest BCUT2D eigenvalue weighted by molar-refractivity contribution is -0.123. The summed E-state index contributed by atoms with van der Waals surface area (Å²) in [6.07, 6.45) is 1.72. The second kappa shape index (κ2) is 8.63. The predicted octanol–water partition coefficient (Wildman–Crippen LogP) is 0.994. The Morgan fingerprint density at radius 3 is 2.42 bits per heavy atom. The molecule has 1 unspecified atom stereocenters. The summed E-state index contributed by atoms with van der Waals surface area (Å²) in [6.45, 7) is 8.86. The van der Waals surface area contributed by atoms with Gasteiger partial charge in [-0.3, -0.25) is 14.7 Å². The molecule has 0 saturated carbocycles. The Labute approximate surface area is 143 Å². The van der Waals surface area contributed by atoms with E-state index >= 15 is 0 Å². The fourth-order valence-electron chi connectivity index (χ4n) is 2.66. The van der Waals surface area contributed by atoms with Gasteiger partial charge in [0.1, 0.15) is 0 Å². The fourth-order valence-corrected chi connectivity index (χ4v) is 2.66. The third-order valence-corrected chi connectivity index (χ3v) is 3.95. The molecule has 3 amide bonds. The third kappa shape index (κ3) is 5.49. The molecule has 7 heteroatoms. The minimum absolute atomic E-state index is 0.0340. The van der Waals surface area contributed by atoms with Gasteiger partial charge < -0.3 is 15.5 Å². The highest BCUT2D eigenvalue weighted by atomic mass is 16.2. The van der Waals surface area contributed by atoms with Crippen LogP contribution < -0.4 is 10.6 Å². The van der Waals surface area contributed by atoms with E-state index in [1.54, 1.807) is 11.1 Å². The Balaban J connectivity index is 1.75. The van der Waals surface area contributed by atoms with Crippen molar-refractivity contribution >= 4 is 11.9 Å². The van der Waals surface area contributed by atoms with Crippen molar-refractivity contribution < 1.29 is 9.59 Å². The molecule has 132 valence electrons. The molecule has 0 spiro atoms. The van der Waals surface area contributed by atoms with Crippen LogP contribution >= 0.6 is 0 Å². The number of rotatable bonds is 5. The Hall–Kier alpha value is -2.15. The summed E-state index contributed by atoms with van der Waals surface area (Å²) < 4.78 is 0. The van der Waals surface area contributed by atoms with Gasteiger partial charge in [-0.1, -0.05) is 6.07 Å². The standard InChI is InChI=1S/C17H27N5O2/c1-13(2)19-16(23)12-21-8-10-22(11-9-21)17(24)20-14(3)15-6-4-5-7-18-15/h4-7,13-14H,8-12H2,1-3H3,(H,19,23)(H,20,24). The molecule has 1 fully saturated rings. The second-order valence-electron chi connectivity index (χ2n) is 6.41. The van der Waals surface area contributed by atoms with E-state index in [2.05, 4.69) is 20.5 Å². The lowest BCUT2D eigenvalue weighted by Crippen LogP contribution is -2.54. The van der Waals surface area contributed by atoms with Crippen LogP contribution in [0, 0.1) is 0 Å². The van der Waals surface area contributed by atoms with Crippen LogP contribution in [-0.2, 0) is 4.79 Å². The molecule has 1 aromatic rings. The minimum Gasteiger partial charge on any atom is -0.353 e. The van der Waals surface area contributed by atoms with E-state index in [9.17, 15) is 9.59 Å². The third-order valence-electron chi connectivity index (χ3n) is 3.95. The van der Waals surface area contributed by atoms with E-state index in [0.717, 1.165) is 5.69 Å². The van der Waals surface area contributed by atoms with Crippen LogP contribution in [0.1, 0.15) is 32.5 Å². The zero-order chi connectivity index (χ0) is 17.5. The molecule has 1 aliphatic heterocycles. The summed E-state index contributed by atoms with van der Waals surface area (Å²) >= 11 is 0. The monoisotopic (exact) mass is 333 g/mol. The highest BCUT2D eigenvalue weighted by molar-refractivity contribution is 5.78. The maximum Gasteiger partial charge on any atom is 0.318 e. The van der Waals surface area contributed by atoms with E-state index in [1.807, 2.05) is 39.0 Å². The van der Waals surface area contributed by atoms with E-state index < -0.39 is 0 Å². The number of carbonyl (C=O) groups is 2. The van der Waals surface area contributed by atoms with Crippen LogP contribution in [0.5, 0.6) is 0 Å². The molecule has 7 nitrogen and oxygen atoms in total. The van der Waals surface area contributed by atoms with Crippen LogP contribution in [0.15, 0.2) is 24.4 Å². The van der Waals surface area contributed by atoms with Crippen molar-refractivity contribution in [3.63, 3.8) is 0 Å². The van der Waals surface area contributed by atoms with E-state index in [4.69, 9.17) is 0 Å². The van der Waals surface area contributed by atoms with E-state index in [-0.39, 0.29) is 24.0 Å². The SMILES string of the molecule is CC(C)NC(=O)CN1CCN(C(=O)NC(C)c2ccccn2)CC1. The van der Waals surface area contributed by atoms with Gasteiger partial charge >= 0.3 is 6.03 Å². The van der Waals surface area contributed by atoms with Crippen molar-refractivity contribution in [2.45, 2.75) is 32.9 Å². The lowest BCUT2D eigenvalue weighted by Gasteiger charge is -2.35. The van der Waals surface area contributed by atoms with Gasteiger partial charge in [-0.2, -0.15) is 0 Å². The van der Waals surface area contributed by atoms with Crippen molar-refractivity contribution in [2.24, 2.45) is 0 Å². The lowest BCUT2D eigenvalue weighted by atomic mass is 10.2. The fraction of sp³-hybridized carbons (Fsp3) is 0.588. The highest BCUT2D eigenvalue weighted by Crippen LogP contribution is 2.09. The van der Waals surface area contributed by atoms with Gasteiger partial charge in [0, 0.05) is 38.4 Å². The average Bonchev–Trinajstić information content (AvgIpc) is 2.55. The summed E-state index contributed by atoms with van der Waals surface area (Å²) in [6, 6.07) is 5.60.